The molecule has 0 radical (unpaired) electrons. The SMILES string of the molecule is CC(C)(C)c1cc(CP(C23CC4CC(CC(C4)C2)C3)C23CC4CC(CC(C4)C2)C3)c(C(P)(c2ccc[nH]2)c2ccc[nH]2)[cH-]1.[Fe+2].c1cc[cH-]c1. The predicted molar refractivity (Wildman–Crippen MR) is 206 cm³/mol. The first kappa shape index (κ1) is 34.7. The van der Waals surface area contributed by atoms with Gasteiger partial charge < -0.3 is 9.97 Å². The van der Waals surface area contributed by atoms with Crippen LogP contribution in [-0.4, -0.2) is 20.3 Å². The molecule has 0 spiro atoms. The third kappa shape index (κ3) is 6.08. The number of aromatic nitrogens is 2. The van der Waals surface area contributed by atoms with Crippen LogP contribution >= 0.6 is 17.2 Å². The largest absolute Gasteiger partial charge is 2.00 e. The van der Waals surface area contributed by atoms with Gasteiger partial charge in [0.1, 0.15) is 0 Å². The molecule has 2 heterocycles. The van der Waals surface area contributed by atoms with Crippen LogP contribution in [0.25, 0.3) is 0 Å². The quantitative estimate of drug-likeness (QED) is 0.108. The average molecular weight is 733 g/mol. The molecule has 8 fully saturated rings. The van der Waals surface area contributed by atoms with Gasteiger partial charge in [0.05, 0.1) is 5.16 Å². The summed E-state index contributed by atoms with van der Waals surface area (Å²) in [6.07, 6.45) is 24.4. The van der Waals surface area contributed by atoms with Gasteiger partial charge in [0.25, 0.3) is 0 Å². The number of rotatable bonds is 7. The third-order valence-electron chi connectivity index (χ3n) is 14.4. The third-order valence-corrected chi connectivity index (χ3v) is 19.3. The molecule has 12 rings (SSSR count). The van der Waals surface area contributed by atoms with Gasteiger partial charge >= 0.3 is 17.1 Å². The van der Waals surface area contributed by atoms with Gasteiger partial charge in [-0.2, -0.15) is 35.4 Å². The number of aromatic amines is 2. The first-order valence-electron chi connectivity index (χ1n) is 19.4. The molecule has 262 valence electrons. The van der Waals surface area contributed by atoms with E-state index in [0.717, 1.165) is 35.5 Å². The molecule has 8 bridgehead atoms. The van der Waals surface area contributed by atoms with Crippen LogP contribution in [0.15, 0.2) is 79.1 Å². The van der Waals surface area contributed by atoms with Crippen molar-refractivity contribution < 1.29 is 17.1 Å². The van der Waals surface area contributed by atoms with E-state index in [9.17, 15) is 0 Å². The molecule has 0 amide bonds. The first-order chi connectivity index (χ1) is 23.1. The van der Waals surface area contributed by atoms with Gasteiger partial charge in [-0.15, -0.1) is 22.7 Å². The van der Waals surface area contributed by atoms with E-state index in [1.807, 2.05) is 30.3 Å². The maximum absolute atomic E-state index is 3.67. The molecule has 2 aromatic carbocycles. The number of hydrogen-bond donors (Lipinski definition) is 2. The molecule has 4 aromatic rings. The van der Waals surface area contributed by atoms with Crippen molar-refractivity contribution in [3.63, 3.8) is 0 Å². The summed E-state index contributed by atoms with van der Waals surface area (Å²) < 4.78 is 0. The molecule has 2 N–H and O–H groups in total. The van der Waals surface area contributed by atoms with Crippen molar-refractivity contribution in [1.82, 2.24) is 9.97 Å². The van der Waals surface area contributed by atoms with Gasteiger partial charge in [0.2, 0.25) is 0 Å². The zero-order valence-corrected chi connectivity index (χ0v) is 33.2. The second kappa shape index (κ2) is 12.9. The van der Waals surface area contributed by atoms with E-state index >= 15 is 0 Å². The fourth-order valence-electron chi connectivity index (χ4n) is 13.2. The fraction of sp³-hybridized carbons (Fsp3) is 0.591. The Balaban J connectivity index is 0.000000536. The van der Waals surface area contributed by atoms with Crippen molar-refractivity contribution in [3.05, 3.63) is 107 Å². The molecule has 5 heteroatoms. The first-order valence-corrected chi connectivity index (χ1v) is 21.5. The van der Waals surface area contributed by atoms with Gasteiger partial charge in [-0.05, 0) is 153 Å². The van der Waals surface area contributed by atoms with Crippen LogP contribution in [0.3, 0.4) is 0 Å². The molecular formula is C44H58FeN2P2. The number of hydrogen-bond acceptors (Lipinski definition) is 0. The van der Waals surface area contributed by atoms with Gasteiger partial charge in [0, 0.05) is 23.8 Å². The Labute approximate surface area is 310 Å². The van der Waals surface area contributed by atoms with Gasteiger partial charge in [-0.3, -0.25) is 0 Å². The average Bonchev–Trinajstić information content (AvgIpc) is 3.86. The van der Waals surface area contributed by atoms with Gasteiger partial charge in [-0.1, -0.05) is 26.9 Å². The molecule has 0 saturated heterocycles. The molecular weight excluding hydrogens is 674 g/mol. The summed E-state index contributed by atoms with van der Waals surface area (Å²) in [7, 11) is 3.25. The summed E-state index contributed by atoms with van der Waals surface area (Å²) >= 11 is 0. The van der Waals surface area contributed by atoms with E-state index in [2.05, 4.69) is 88.8 Å². The van der Waals surface area contributed by atoms with E-state index in [4.69, 9.17) is 0 Å². The molecule has 8 aliphatic carbocycles. The Kier molecular flexibility index (Phi) is 9.17. The maximum Gasteiger partial charge on any atom is 2.00 e. The van der Waals surface area contributed by atoms with E-state index in [0.29, 0.717) is 10.3 Å². The summed E-state index contributed by atoms with van der Waals surface area (Å²) in [6, 6.07) is 24.3. The molecule has 1 atom stereocenters. The number of nitrogens with one attached hydrogen (secondary N) is 2. The molecule has 2 nitrogen and oxygen atoms in total. The van der Waals surface area contributed by atoms with E-state index < -0.39 is 0 Å². The smallest absolute Gasteiger partial charge is 0.364 e. The number of H-pyrrole nitrogens is 2. The van der Waals surface area contributed by atoms with Crippen molar-refractivity contribution in [1.29, 1.82) is 0 Å². The summed E-state index contributed by atoms with van der Waals surface area (Å²) in [5, 5.41) is 0.999. The van der Waals surface area contributed by atoms with E-state index in [1.165, 1.54) is 28.7 Å². The van der Waals surface area contributed by atoms with Crippen LogP contribution < -0.4 is 0 Å². The summed E-state index contributed by atoms with van der Waals surface area (Å²) in [5.74, 6) is 6.21. The van der Waals surface area contributed by atoms with Crippen LogP contribution in [0.5, 0.6) is 0 Å². The van der Waals surface area contributed by atoms with E-state index in [1.54, 1.807) is 82.6 Å². The normalized spacial score (nSPS) is 34.8. The summed E-state index contributed by atoms with van der Waals surface area (Å²) in [4.78, 5) is 7.35. The Bertz CT molecular complexity index is 1500. The van der Waals surface area contributed by atoms with Crippen LogP contribution in [0.4, 0.5) is 0 Å². The zero-order chi connectivity index (χ0) is 32.7. The zero-order valence-electron chi connectivity index (χ0n) is 30.0. The Morgan fingerprint density at radius 2 is 1.14 bits per heavy atom. The Morgan fingerprint density at radius 3 is 1.47 bits per heavy atom. The van der Waals surface area contributed by atoms with Crippen molar-refractivity contribution in [2.75, 3.05) is 0 Å². The minimum Gasteiger partial charge on any atom is -0.364 e. The molecule has 49 heavy (non-hydrogen) atoms. The molecule has 1 unspecified atom stereocenters. The Morgan fingerprint density at radius 1 is 0.714 bits per heavy atom. The summed E-state index contributed by atoms with van der Waals surface area (Å²) in [5.41, 5.74) is 7.43. The minimum atomic E-state index is -0.296. The van der Waals surface area contributed by atoms with Crippen LogP contribution in [0, 0.1) is 35.5 Å². The standard InChI is InChI=1S/C39H53N2P2.C5H5.Fe/c1-36(2,3)32-16-31(33(17-32)39(42,34-6-4-8-40-34)35-7-5-9-41-35)24-43(37-18-25-10-26(19-37)12-27(11-25)20-37)38-21-28-13-29(22-38)15-30(14-28)23-38;1-2-4-5-3-1;/h4-9,16-17,25-30,40-41H,10-15,18-24,42H2,1-3H3;1-5H;/q2*-1;+2. The van der Waals surface area contributed by atoms with Crippen molar-refractivity contribution in [3.8, 4) is 0 Å². The predicted octanol–water partition coefficient (Wildman–Crippen LogP) is 11.8. The second-order valence-corrected chi connectivity index (χ2v) is 22.7. The van der Waals surface area contributed by atoms with Gasteiger partial charge in [-0.25, -0.2) is 18.2 Å². The minimum absolute atomic E-state index is 0. The monoisotopic (exact) mass is 732 g/mol. The fourth-order valence-corrected chi connectivity index (χ4v) is 19.0. The second-order valence-electron chi connectivity index (χ2n) is 18.7. The van der Waals surface area contributed by atoms with Crippen molar-refractivity contribution in [2.45, 2.75) is 125 Å². The van der Waals surface area contributed by atoms with Crippen LogP contribution in [-0.2, 0) is 33.8 Å². The van der Waals surface area contributed by atoms with E-state index in [-0.39, 0.29) is 35.6 Å². The molecule has 0 aliphatic heterocycles. The molecule has 8 saturated carbocycles. The maximum atomic E-state index is 3.67. The topological polar surface area (TPSA) is 31.6 Å². The van der Waals surface area contributed by atoms with Crippen LogP contribution in [0.1, 0.15) is 126 Å². The van der Waals surface area contributed by atoms with Crippen molar-refractivity contribution in [2.24, 2.45) is 35.5 Å². The van der Waals surface area contributed by atoms with Crippen molar-refractivity contribution >= 4 is 17.2 Å². The Hall–Kier alpha value is -1.36. The molecule has 2 aromatic heterocycles. The van der Waals surface area contributed by atoms with Crippen LogP contribution in [0.2, 0.25) is 0 Å². The molecule has 8 aliphatic rings. The van der Waals surface area contributed by atoms with Gasteiger partial charge in [0.15, 0.2) is 0 Å². The summed E-state index contributed by atoms with van der Waals surface area (Å²) in [6.45, 7) is 7.26.